The lowest BCUT2D eigenvalue weighted by molar-refractivity contribution is -0.121. The highest BCUT2D eigenvalue weighted by atomic mass is 35.5. The van der Waals surface area contributed by atoms with E-state index in [0.29, 0.717) is 42.6 Å². The summed E-state index contributed by atoms with van der Waals surface area (Å²) in [4.78, 5) is 14.6. The second-order valence-corrected chi connectivity index (χ2v) is 7.60. The SMILES string of the molecule is O=C(CCc1ccc(Cl)cc1Cl)NCC(c1cccc(F)c1)N1CCOCC1. The van der Waals surface area contributed by atoms with Crippen molar-refractivity contribution in [1.82, 2.24) is 10.2 Å². The fourth-order valence-corrected chi connectivity index (χ4v) is 3.84. The van der Waals surface area contributed by atoms with Crippen LogP contribution in [0.2, 0.25) is 10.0 Å². The second-order valence-electron chi connectivity index (χ2n) is 6.76. The standard InChI is InChI=1S/C21H23Cl2FN2O2/c22-17-6-4-15(19(23)13-17)5-7-21(27)25-14-20(26-8-10-28-11-9-26)16-2-1-3-18(24)12-16/h1-4,6,12-13,20H,5,7-11,14H2,(H,25,27). The van der Waals surface area contributed by atoms with Crippen molar-refractivity contribution in [3.63, 3.8) is 0 Å². The van der Waals surface area contributed by atoms with Gasteiger partial charge in [0.15, 0.2) is 0 Å². The van der Waals surface area contributed by atoms with E-state index in [1.165, 1.54) is 12.1 Å². The Bertz CT molecular complexity index is 813. The number of nitrogens with zero attached hydrogens (tertiary/aromatic N) is 1. The number of carbonyl (C=O) groups is 1. The third-order valence-corrected chi connectivity index (χ3v) is 5.44. The molecule has 2 aromatic rings. The van der Waals surface area contributed by atoms with E-state index in [9.17, 15) is 9.18 Å². The molecule has 1 aliphatic rings. The largest absolute Gasteiger partial charge is 0.379 e. The Morgan fingerprint density at radius 2 is 1.96 bits per heavy atom. The highest BCUT2D eigenvalue weighted by Crippen LogP contribution is 2.23. The van der Waals surface area contributed by atoms with Crippen molar-refractivity contribution in [2.45, 2.75) is 18.9 Å². The lowest BCUT2D eigenvalue weighted by Crippen LogP contribution is -2.43. The normalized spacial score (nSPS) is 16.0. The summed E-state index contributed by atoms with van der Waals surface area (Å²) in [7, 11) is 0. The first-order valence-corrected chi connectivity index (χ1v) is 10.1. The van der Waals surface area contributed by atoms with Gasteiger partial charge in [-0.15, -0.1) is 0 Å². The van der Waals surface area contributed by atoms with E-state index >= 15 is 0 Å². The topological polar surface area (TPSA) is 41.6 Å². The molecule has 1 fully saturated rings. The van der Waals surface area contributed by atoms with Crippen LogP contribution in [0.1, 0.15) is 23.6 Å². The van der Waals surface area contributed by atoms with Crippen molar-refractivity contribution in [3.05, 3.63) is 69.5 Å². The second kappa shape index (κ2) is 10.2. The van der Waals surface area contributed by atoms with Crippen molar-refractivity contribution in [2.24, 2.45) is 0 Å². The number of hydrogen-bond acceptors (Lipinski definition) is 3. The molecular weight excluding hydrogens is 402 g/mol. The molecule has 0 aromatic heterocycles. The number of hydrogen-bond donors (Lipinski definition) is 1. The van der Waals surface area contributed by atoms with Crippen molar-refractivity contribution in [1.29, 1.82) is 0 Å². The predicted octanol–water partition coefficient (Wildman–Crippen LogP) is 4.25. The van der Waals surface area contributed by atoms with Crippen LogP contribution in [0.5, 0.6) is 0 Å². The summed E-state index contributed by atoms with van der Waals surface area (Å²) in [6, 6.07) is 11.7. The van der Waals surface area contributed by atoms with E-state index in [2.05, 4.69) is 10.2 Å². The quantitative estimate of drug-likeness (QED) is 0.721. The average Bonchev–Trinajstić information content (AvgIpc) is 2.68. The van der Waals surface area contributed by atoms with Gasteiger partial charge in [-0.3, -0.25) is 9.69 Å². The van der Waals surface area contributed by atoms with Gasteiger partial charge in [0.05, 0.1) is 19.3 Å². The minimum absolute atomic E-state index is 0.0688. The molecule has 1 N–H and O–H groups in total. The number of benzene rings is 2. The Morgan fingerprint density at radius 1 is 1.18 bits per heavy atom. The smallest absolute Gasteiger partial charge is 0.220 e. The first-order valence-electron chi connectivity index (χ1n) is 9.31. The summed E-state index contributed by atoms with van der Waals surface area (Å²) in [6.07, 6.45) is 0.852. The van der Waals surface area contributed by atoms with Gasteiger partial charge < -0.3 is 10.1 Å². The van der Waals surface area contributed by atoms with Gasteiger partial charge in [-0.1, -0.05) is 41.4 Å². The minimum atomic E-state index is -0.278. The van der Waals surface area contributed by atoms with E-state index in [4.69, 9.17) is 27.9 Å². The van der Waals surface area contributed by atoms with E-state index in [-0.39, 0.29) is 17.8 Å². The molecule has 1 atom stereocenters. The number of amides is 1. The molecule has 1 heterocycles. The third kappa shape index (κ3) is 5.92. The Balaban J connectivity index is 1.60. The molecule has 28 heavy (non-hydrogen) atoms. The fraction of sp³-hybridized carbons (Fsp3) is 0.381. The maximum atomic E-state index is 13.7. The zero-order valence-electron chi connectivity index (χ0n) is 15.5. The number of carbonyl (C=O) groups excluding carboxylic acids is 1. The molecule has 1 aliphatic heterocycles. The predicted molar refractivity (Wildman–Crippen MR) is 109 cm³/mol. The molecule has 0 aliphatic carbocycles. The van der Waals surface area contributed by atoms with Gasteiger partial charge in [0.2, 0.25) is 5.91 Å². The first kappa shape index (κ1) is 21.1. The number of aryl methyl sites for hydroxylation is 1. The van der Waals surface area contributed by atoms with E-state index in [1.54, 1.807) is 18.2 Å². The van der Waals surface area contributed by atoms with Gasteiger partial charge in [0, 0.05) is 36.1 Å². The van der Waals surface area contributed by atoms with Crippen LogP contribution in [0.15, 0.2) is 42.5 Å². The maximum Gasteiger partial charge on any atom is 0.220 e. The number of halogens is 3. The van der Waals surface area contributed by atoms with Crippen LogP contribution in [0.3, 0.4) is 0 Å². The summed E-state index contributed by atoms with van der Waals surface area (Å²) in [5.74, 6) is -0.347. The van der Waals surface area contributed by atoms with E-state index in [1.807, 2.05) is 12.1 Å². The molecule has 7 heteroatoms. The summed E-state index contributed by atoms with van der Waals surface area (Å²) >= 11 is 12.1. The Labute approximate surface area is 174 Å². The van der Waals surface area contributed by atoms with Crippen LogP contribution < -0.4 is 5.32 Å². The van der Waals surface area contributed by atoms with Crippen molar-refractivity contribution in [2.75, 3.05) is 32.8 Å². The van der Waals surface area contributed by atoms with Crippen molar-refractivity contribution >= 4 is 29.1 Å². The van der Waals surface area contributed by atoms with Gasteiger partial charge in [-0.2, -0.15) is 0 Å². The highest BCUT2D eigenvalue weighted by molar-refractivity contribution is 6.35. The number of rotatable bonds is 7. The molecule has 3 rings (SSSR count). The Morgan fingerprint density at radius 3 is 2.68 bits per heavy atom. The first-order chi connectivity index (χ1) is 13.5. The van der Waals surface area contributed by atoms with Gasteiger partial charge in [0.25, 0.3) is 0 Å². The van der Waals surface area contributed by atoms with Crippen molar-refractivity contribution in [3.8, 4) is 0 Å². The molecule has 0 saturated carbocycles. The number of ether oxygens (including phenoxy) is 1. The number of morpholine rings is 1. The zero-order valence-corrected chi connectivity index (χ0v) is 17.0. The monoisotopic (exact) mass is 424 g/mol. The molecule has 1 amide bonds. The third-order valence-electron chi connectivity index (χ3n) is 4.85. The van der Waals surface area contributed by atoms with Gasteiger partial charge in [0.1, 0.15) is 5.82 Å². The molecule has 1 saturated heterocycles. The molecule has 0 radical (unpaired) electrons. The molecule has 150 valence electrons. The Kier molecular flexibility index (Phi) is 7.68. The molecule has 2 aromatic carbocycles. The summed E-state index contributed by atoms with van der Waals surface area (Å²) in [5, 5.41) is 4.12. The van der Waals surface area contributed by atoms with Crippen LogP contribution in [-0.4, -0.2) is 43.7 Å². The highest BCUT2D eigenvalue weighted by Gasteiger charge is 2.23. The molecule has 0 bridgehead atoms. The van der Waals surface area contributed by atoms with Gasteiger partial charge in [-0.05, 0) is 41.8 Å². The number of nitrogens with one attached hydrogen (secondary N) is 1. The molecule has 0 spiro atoms. The van der Waals surface area contributed by atoms with Gasteiger partial charge >= 0.3 is 0 Å². The van der Waals surface area contributed by atoms with Crippen molar-refractivity contribution < 1.29 is 13.9 Å². The zero-order chi connectivity index (χ0) is 19.9. The van der Waals surface area contributed by atoms with Crippen LogP contribution in [0.25, 0.3) is 0 Å². The summed E-state index contributed by atoms with van der Waals surface area (Å²) < 4.78 is 19.1. The van der Waals surface area contributed by atoms with Crippen LogP contribution in [0.4, 0.5) is 4.39 Å². The van der Waals surface area contributed by atoms with Gasteiger partial charge in [-0.25, -0.2) is 4.39 Å². The van der Waals surface area contributed by atoms with Crippen LogP contribution in [0, 0.1) is 5.82 Å². The maximum absolute atomic E-state index is 13.7. The molecule has 1 unspecified atom stereocenters. The summed E-state index contributed by atoms with van der Waals surface area (Å²) in [5.41, 5.74) is 1.74. The molecular formula is C21H23Cl2FN2O2. The lowest BCUT2D eigenvalue weighted by Gasteiger charge is -2.35. The lowest BCUT2D eigenvalue weighted by atomic mass is 10.0. The average molecular weight is 425 g/mol. The Hall–Kier alpha value is -1.66. The van der Waals surface area contributed by atoms with E-state index in [0.717, 1.165) is 24.2 Å². The molecule has 4 nitrogen and oxygen atoms in total. The van der Waals surface area contributed by atoms with Crippen LogP contribution >= 0.6 is 23.2 Å². The van der Waals surface area contributed by atoms with E-state index < -0.39 is 0 Å². The fourth-order valence-electron chi connectivity index (χ4n) is 3.33. The summed E-state index contributed by atoms with van der Waals surface area (Å²) in [6.45, 7) is 3.18. The minimum Gasteiger partial charge on any atom is -0.379 e. The van der Waals surface area contributed by atoms with Crippen LogP contribution in [-0.2, 0) is 16.0 Å².